The number of rotatable bonds is 6. The molecule has 0 bridgehead atoms. The maximum absolute atomic E-state index is 4.27. The first-order chi connectivity index (χ1) is 8.65. The average molecular weight is 248 g/mol. The molecule has 2 aromatic heterocycles. The minimum absolute atomic E-state index is 0.652. The van der Waals surface area contributed by atoms with E-state index in [2.05, 4.69) is 38.8 Å². The summed E-state index contributed by atoms with van der Waals surface area (Å²) < 4.78 is 3.78. The Morgan fingerprint density at radius 1 is 1.33 bits per heavy atom. The van der Waals surface area contributed by atoms with Gasteiger partial charge >= 0.3 is 0 Å². The monoisotopic (exact) mass is 248 g/mol. The first-order valence-corrected chi connectivity index (χ1v) is 6.19. The van der Waals surface area contributed by atoms with Crippen LogP contribution in [0.25, 0.3) is 0 Å². The molecule has 0 radical (unpaired) electrons. The van der Waals surface area contributed by atoms with Gasteiger partial charge in [0.05, 0.1) is 18.6 Å². The van der Waals surface area contributed by atoms with Crippen molar-refractivity contribution in [1.82, 2.24) is 29.6 Å². The predicted molar refractivity (Wildman–Crippen MR) is 68.9 cm³/mol. The van der Waals surface area contributed by atoms with Gasteiger partial charge in [-0.1, -0.05) is 13.8 Å². The highest BCUT2D eigenvalue weighted by atomic mass is 15.3. The van der Waals surface area contributed by atoms with Crippen molar-refractivity contribution in [2.24, 2.45) is 13.0 Å². The van der Waals surface area contributed by atoms with Crippen molar-refractivity contribution in [3.05, 3.63) is 30.4 Å². The molecule has 0 aliphatic heterocycles. The van der Waals surface area contributed by atoms with Crippen LogP contribution in [-0.4, -0.2) is 30.9 Å². The number of aromatic nitrogens is 5. The van der Waals surface area contributed by atoms with Crippen LogP contribution in [0.2, 0.25) is 0 Å². The summed E-state index contributed by atoms with van der Waals surface area (Å²) in [6.45, 7) is 6.89. The summed E-state index contributed by atoms with van der Waals surface area (Å²) in [4.78, 5) is 8.41. The van der Waals surface area contributed by atoms with Crippen LogP contribution < -0.4 is 5.32 Å². The van der Waals surface area contributed by atoms with Gasteiger partial charge < -0.3 is 9.88 Å². The molecule has 2 heterocycles. The normalized spacial score (nSPS) is 11.3. The van der Waals surface area contributed by atoms with Crippen LogP contribution in [0.1, 0.15) is 25.4 Å². The molecule has 1 N–H and O–H groups in total. The molecule has 0 aliphatic carbocycles. The number of imidazole rings is 1. The van der Waals surface area contributed by atoms with Gasteiger partial charge in [-0.15, -0.1) is 0 Å². The molecular weight excluding hydrogens is 228 g/mol. The molecule has 2 aromatic rings. The highest BCUT2D eigenvalue weighted by Crippen LogP contribution is 2.02. The van der Waals surface area contributed by atoms with Crippen molar-refractivity contribution in [1.29, 1.82) is 0 Å². The van der Waals surface area contributed by atoms with Gasteiger partial charge in [-0.05, 0) is 12.5 Å². The van der Waals surface area contributed by atoms with Crippen molar-refractivity contribution in [3.63, 3.8) is 0 Å². The molecule has 6 heteroatoms. The van der Waals surface area contributed by atoms with Crippen LogP contribution >= 0.6 is 0 Å². The van der Waals surface area contributed by atoms with E-state index in [0.717, 1.165) is 24.6 Å². The van der Waals surface area contributed by atoms with E-state index in [1.54, 1.807) is 11.0 Å². The highest BCUT2D eigenvalue weighted by molar-refractivity contribution is 5.00. The maximum Gasteiger partial charge on any atom is 0.170 e. The number of nitrogens with zero attached hydrogens (tertiary/aromatic N) is 5. The lowest BCUT2D eigenvalue weighted by atomic mass is 10.2. The van der Waals surface area contributed by atoms with Crippen molar-refractivity contribution in [2.45, 2.75) is 26.9 Å². The number of hydrogen-bond acceptors (Lipinski definition) is 4. The fraction of sp³-hybridized carbons (Fsp3) is 0.583. The van der Waals surface area contributed by atoms with E-state index in [0.29, 0.717) is 12.5 Å². The van der Waals surface area contributed by atoms with E-state index >= 15 is 0 Å². The molecule has 0 unspecified atom stereocenters. The van der Waals surface area contributed by atoms with E-state index in [1.807, 2.05) is 19.6 Å². The summed E-state index contributed by atoms with van der Waals surface area (Å²) in [7, 11) is 1.87. The quantitative estimate of drug-likeness (QED) is 0.821. The Morgan fingerprint density at radius 3 is 2.83 bits per heavy atom. The van der Waals surface area contributed by atoms with Gasteiger partial charge in [0.15, 0.2) is 5.82 Å². The Morgan fingerprint density at radius 2 is 2.17 bits per heavy atom. The van der Waals surface area contributed by atoms with Crippen molar-refractivity contribution in [3.8, 4) is 0 Å². The summed E-state index contributed by atoms with van der Waals surface area (Å²) >= 11 is 0. The van der Waals surface area contributed by atoms with E-state index in [4.69, 9.17) is 0 Å². The third-order valence-electron chi connectivity index (χ3n) is 2.62. The summed E-state index contributed by atoms with van der Waals surface area (Å²) in [6.07, 6.45) is 5.42. The van der Waals surface area contributed by atoms with Gasteiger partial charge in [-0.25, -0.2) is 9.97 Å². The van der Waals surface area contributed by atoms with Gasteiger partial charge in [0.1, 0.15) is 6.33 Å². The van der Waals surface area contributed by atoms with Crippen molar-refractivity contribution in [2.75, 3.05) is 6.54 Å². The Kier molecular flexibility index (Phi) is 4.09. The molecule has 0 atom stereocenters. The average Bonchev–Trinajstić information content (AvgIpc) is 2.89. The van der Waals surface area contributed by atoms with Gasteiger partial charge in [0.25, 0.3) is 0 Å². The van der Waals surface area contributed by atoms with E-state index < -0.39 is 0 Å². The van der Waals surface area contributed by atoms with Gasteiger partial charge in [0.2, 0.25) is 0 Å². The van der Waals surface area contributed by atoms with Crippen molar-refractivity contribution >= 4 is 0 Å². The topological polar surface area (TPSA) is 60.6 Å². The van der Waals surface area contributed by atoms with Crippen molar-refractivity contribution < 1.29 is 0 Å². The molecule has 98 valence electrons. The first kappa shape index (κ1) is 12.8. The second-order valence-electron chi connectivity index (χ2n) is 4.87. The fourth-order valence-corrected chi connectivity index (χ4v) is 1.74. The summed E-state index contributed by atoms with van der Waals surface area (Å²) in [5.41, 5.74) is 1.16. The highest BCUT2D eigenvalue weighted by Gasteiger charge is 2.05. The van der Waals surface area contributed by atoms with E-state index in [9.17, 15) is 0 Å². The van der Waals surface area contributed by atoms with E-state index in [-0.39, 0.29) is 0 Å². The zero-order valence-electron chi connectivity index (χ0n) is 11.2. The smallest absolute Gasteiger partial charge is 0.170 e. The minimum Gasteiger partial charge on any atom is -0.326 e. The molecule has 0 saturated carbocycles. The molecule has 0 saturated heterocycles. The Hall–Kier alpha value is -1.69. The minimum atomic E-state index is 0.652. The van der Waals surface area contributed by atoms with Crippen LogP contribution in [0, 0.1) is 5.92 Å². The Labute approximate surface area is 107 Å². The molecule has 18 heavy (non-hydrogen) atoms. The number of hydrogen-bond donors (Lipinski definition) is 1. The molecule has 0 fully saturated rings. The first-order valence-electron chi connectivity index (χ1n) is 6.19. The lowest BCUT2D eigenvalue weighted by Gasteiger charge is -2.09. The number of nitrogens with one attached hydrogen (secondary N) is 1. The van der Waals surface area contributed by atoms with Crippen LogP contribution in [0.3, 0.4) is 0 Å². The lowest BCUT2D eigenvalue weighted by molar-refractivity contribution is 0.537. The molecule has 0 spiro atoms. The molecule has 0 aliphatic rings. The largest absolute Gasteiger partial charge is 0.326 e. The van der Waals surface area contributed by atoms with E-state index in [1.165, 1.54) is 0 Å². The maximum atomic E-state index is 4.27. The molecule has 2 rings (SSSR count). The van der Waals surface area contributed by atoms with Crippen LogP contribution in [0.4, 0.5) is 0 Å². The van der Waals surface area contributed by atoms with Crippen LogP contribution in [-0.2, 0) is 20.1 Å². The lowest BCUT2D eigenvalue weighted by Crippen LogP contribution is -2.21. The van der Waals surface area contributed by atoms with Gasteiger partial charge in [-0.2, -0.15) is 5.10 Å². The van der Waals surface area contributed by atoms with Crippen LogP contribution in [0.15, 0.2) is 18.9 Å². The predicted octanol–water partition coefficient (Wildman–Crippen LogP) is 0.805. The zero-order valence-corrected chi connectivity index (χ0v) is 11.2. The third-order valence-corrected chi connectivity index (χ3v) is 2.62. The fourth-order valence-electron chi connectivity index (χ4n) is 1.74. The Balaban J connectivity index is 1.95. The molecule has 6 nitrogen and oxygen atoms in total. The van der Waals surface area contributed by atoms with Crippen LogP contribution in [0.5, 0.6) is 0 Å². The SMILES string of the molecule is CC(C)CNCc1cncn1Cc1ncn(C)n1. The third kappa shape index (κ3) is 3.40. The molecule has 0 aromatic carbocycles. The molecule has 0 amide bonds. The molecular formula is C12H20N6. The zero-order chi connectivity index (χ0) is 13.0. The summed E-state index contributed by atoms with van der Waals surface area (Å²) in [5, 5.41) is 7.68. The van der Waals surface area contributed by atoms with Gasteiger partial charge in [0, 0.05) is 19.8 Å². The summed E-state index contributed by atoms with van der Waals surface area (Å²) in [5.74, 6) is 1.46. The standard InChI is InChI=1S/C12H20N6/c1-10(2)4-13-5-11-6-14-8-18(11)7-12-15-9-17(3)16-12/h6,8-10,13H,4-5,7H2,1-3H3. The second kappa shape index (κ2) is 5.77. The van der Waals surface area contributed by atoms with Gasteiger partial charge in [-0.3, -0.25) is 4.68 Å². The Bertz CT molecular complexity index is 484. The summed E-state index contributed by atoms with van der Waals surface area (Å²) in [6, 6.07) is 0. The number of aryl methyl sites for hydroxylation is 1. The second-order valence-corrected chi connectivity index (χ2v) is 4.87.